The number of nitrogens with zero attached hydrogens (tertiary/aromatic N) is 1. The second-order valence-corrected chi connectivity index (χ2v) is 7.63. The first-order valence-corrected chi connectivity index (χ1v) is 9.32. The zero-order valence-electron chi connectivity index (χ0n) is 13.6. The Morgan fingerprint density at radius 1 is 1.25 bits per heavy atom. The molecule has 1 fully saturated rings. The van der Waals surface area contributed by atoms with E-state index in [0.717, 1.165) is 12.8 Å². The van der Waals surface area contributed by atoms with E-state index in [1.165, 1.54) is 4.31 Å². The van der Waals surface area contributed by atoms with E-state index in [-0.39, 0.29) is 17.5 Å². The third-order valence-electron chi connectivity index (χ3n) is 4.04. The second kappa shape index (κ2) is 7.38. The standard InChI is InChI=1S/C17H21NO5S/c1-21-14-6-8-17(9-7-14)24(19,20)18(12-15-4-2-10-22-15)13-16-5-3-11-23-16/h2,4,6-10,16H,3,5,11-13H2,1H3. The molecule has 0 aliphatic carbocycles. The highest BCUT2D eigenvalue weighted by Crippen LogP contribution is 2.24. The Bertz CT molecular complexity index is 734. The first kappa shape index (κ1) is 17.0. The van der Waals surface area contributed by atoms with E-state index in [1.54, 1.807) is 49.8 Å². The predicted octanol–water partition coefficient (Wildman–Crippen LogP) is 2.66. The van der Waals surface area contributed by atoms with Crippen molar-refractivity contribution in [1.82, 2.24) is 4.31 Å². The van der Waals surface area contributed by atoms with Crippen LogP contribution in [0.5, 0.6) is 5.75 Å². The molecule has 1 unspecified atom stereocenters. The van der Waals surface area contributed by atoms with Crippen molar-refractivity contribution in [3.8, 4) is 5.75 Å². The Hall–Kier alpha value is -1.83. The van der Waals surface area contributed by atoms with Gasteiger partial charge in [-0.15, -0.1) is 0 Å². The largest absolute Gasteiger partial charge is 0.497 e. The van der Waals surface area contributed by atoms with Gasteiger partial charge in [0.05, 0.1) is 30.9 Å². The van der Waals surface area contributed by atoms with E-state index in [9.17, 15) is 8.42 Å². The summed E-state index contributed by atoms with van der Waals surface area (Å²) in [6.07, 6.45) is 3.29. The molecule has 24 heavy (non-hydrogen) atoms. The number of benzene rings is 1. The van der Waals surface area contributed by atoms with Gasteiger partial charge in [0, 0.05) is 13.2 Å². The molecular weight excluding hydrogens is 330 g/mol. The molecule has 1 aliphatic rings. The fraction of sp³-hybridized carbons (Fsp3) is 0.412. The number of sulfonamides is 1. The number of methoxy groups -OCH3 is 1. The van der Waals surface area contributed by atoms with E-state index >= 15 is 0 Å². The summed E-state index contributed by atoms with van der Waals surface area (Å²) in [7, 11) is -2.11. The average Bonchev–Trinajstić information content (AvgIpc) is 3.28. The highest BCUT2D eigenvalue weighted by molar-refractivity contribution is 7.89. The molecule has 1 saturated heterocycles. The molecule has 1 aliphatic heterocycles. The molecule has 0 bridgehead atoms. The number of ether oxygens (including phenoxy) is 2. The lowest BCUT2D eigenvalue weighted by Crippen LogP contribution is -2.36. The molecule has 6 nitrogen and oxygen atoms in total. The molecular formula is C17H21NO5S. The fourth-order valence-electron chi connectivity index (χ4n) is 2.74. The molecule has 7 heteroatoms. The van der Waals surface area contributed by atoms with Crippen molar-refractivity contribution in [3.05, 3.63) is 48.4 Å². The van der Waals surface area contributed by atoms with Gasteiger partial charge in [-0.1, -0.05) is 0 Å². The van der Waals surface area contributed by atoms with Crippen LogP contribution in [0.4, 0.5) is 0 Å². The lowest BCUT2D eigenvalue weighted by molar-refractivity contribution is 0.0914. The van der Waals surface area contributed by atoms with Crippen LogP contribution in [-0.4, -0.2) is 39.1 Å². The van der Waals surface area contributed by atoms with Crippen LogP contribution in [-0.2, 0) is 21.3 Å². The van der Waals surface area contributed by atoms with E-state index in [2.05, 4.69) is 0 Å². The van der Waals surface area contributed by atoms with Crippen LogP contribution >= 0.6 is 0 Å². The van der Waals surface area contributed by atoms with Crippen molar-refractivity contribution in [3.63, 3.8) is 0 Å². The molecule has 2 aromatic rings. The van der Waals surface area contributed by atoms with Gasteiger partial charge in [0.1, 0.15) is 11.5 Å². The second-order valence-electron chi connectivity index (χ2n) is 5.69. The number of rotatable bonds is 7. The zero-order valence-corrected chi connectivity index (χ0v) is 14.4. The van der Waals surface area contributed by atoms with Crippen LogP contribution in [0.1, 0.15) is 18.6 Å². The molecule has 1 aromatic carbocycles. The lowest BCUT2D eigenvalue weighted by Gasteiger charge is -2.24. The number of furan rings is 1. The van der Waals surface area contributed by atoms with Crippen LogP contribution in [0.25, 0.3) is 0 Å². The van der Waals surface area contributed by atoms with Crippen molar-refractivity contribution in [2.75, 3.05) is 20.3 Å². The third kappa shape index (κ3) is 3.80. The average molecular weight is 351 g/mol. The van der Waals surface area contributed by atoms with E-state index in [4.69, 9.17) is 13.9 Å². The minimum atomic E-state index is -3.65. The first-order valence-electron chi connectivity index (χ1n) is 7.88. The van der Waals surface area contributed by atoms with Crippen LogP contribution in [0.15, 0.2) is 52.0 Å². The SMILES string of the molecule is COc1ccc(S(=O)(=O)N(Cc2ccco2)CC2CCCO2)cc1. The van der Waals surface area contributed by atoms with Gasteiger partial charge in [-0.3, -0.25) is 0 Å². The monoisotopic (exact) mass is 351 g/mol. The maximum Gasteiger partial charge on any atom is 0.243 e. The summed E-state index contributed by atoms with van der Waals surface area (Å²) in [4.78, 5) is 0.229. The Morgan fingerprint density at radius 2 is 2.04 bits per heavy atom. The first-order chi connectivity index (χ1) is 11.6. The van der Waals surface area contributed by atoms with Gasteiger partial charge in [0.25, 0.3) is 0 Å². The molecule has 0 radical (unpaired) electrons. The highest BCUT2D eigenvalue weighted by atomic mass is 32.2. The summed E-state index contributed by atoms with van der Waals surface area (Å²) >= 11 is 0. The quantitative estimate of drug-likeness (QED) is 0.767. The third-order valence-corrected chi connectivity index (χ3v) is 5.87. The van der Waals surface area contributed by atoms with Crippen LogP contribution < -0.4 is 4.74 Å². The van der Waals surface area contributed by atoms with Crippen molar-refractivity contribution < 1.29 is 22.3 Å². The molecule has 0 amide bonds. The van der Waals surface area contributed by atoms with Crippen LogP contribution in [0, 0.1) is 0 Å². The van der Waals surface area contributed by atoms with Gasteiger partial charge >= 0.3 is 0 Å². The topological polar surface area (TPSA) is 69.0 Å². The van der Waals surface area contributed by atoms with Gasteiger partial charge in [0.15, 0.2) is 0 Å². The van der Waals surface area contributed by atoms with E-state index in [0.29, 0.717) is 24.7 Å². The summed E-state index contributed by atoms with van der Waals surface area (Å²) < 4.78 is 43.5. The Labute approximate surface area is 142 Å². The van der Waals surface area contributed by atoms with Gasteiger partial charge in [-0.05, 0) is 49.2 Å². The van der Waals surface area contributed by atoms with Crippen molar-refractivity contribution in [1.29, 1.82) is 0 Å². The van der Waals surface area contributed by atoms with Crippen molar-refractivity contribution >= 4 is 10.0 Å². The minimum Gasteiger partial charge on any atom is -0.497 e. The Kier molecular flexibility index (Phi) is 5.23. The molecule has 0 spiro atoms. The summed E-state index contributed by atoms with van der Waals surface area (Å²) in [5.41, 5.74) is 0. The molecule has 0 saturated carbocycles. The highest BCUT2D eigenvalue weighted by Gasteiger charge is 2.29. The summed E-state index contributed by atoms with van der Waals surface area (Å²) in [6, 6.07) is 9.91. The molecule has 2 heterocycles. The normalized spacial score (nSPS) is 18.2. The van der Waals surface area contributed by atoms with Gasteiger partial charge < -0.3 is 13.9 Å². The smallest absolute Gasteiger partial charge is 0.243 e. The number of hydrogen-bond acceptors (Lipinski definition) is 5. The molecule has 0 N–H and O–H groups in total. The van der Waals surface area contributed by atoms with Crippen molar-refractivity contribution in [2.24, 2.45) is 0 Å². The van der Waals surface area contributed by atoms with Gasteiger partial charge in [-0.25, -0.2) is 8.42 Å². The lowest BCUT2D eigenvalue weighted by atomic mass is 10.2. The fourth-order valence-corrected chi connectivity index (χ4v) is 4.17. The Morgan fingerprint density at radius 3 is 2.62 bits per heavy atom. The van der Waals surface area contributed by atoms with Crippen molar-refractivity contribution in [2.45, 2.75) is 30.4 Å². The Balaban J connectivity index is 1.86. The van der Waals surface area contributed by atoms with Gasteiger partial charge in [0.2, 0.25) is 10.0 Å². The zero-order chi connectivity index (χ0) is 17.0. The van der Waals surface area contributed by atoms with Crippen LogP contribution in [0.3, 0.4) is 0 Å². The predicted molar refractivity (Wildman–Crippen MR) is 88.3 cm³/mol. The van der Waals surface area contributed by atoms with E-state index in [1.807, 2.05) is 0 Å². The summed E-state index contributed by atoms with van der Waals surface area (Å²) in [5, 5.41) is 0. The maximum atomic E-state index is 13.0. The van der Waals surface area contributed by atoms with E-state index < -0.39 is 10.0 Å². The number of hydrogen-bond donors (Lipinski definition) is 0. The molecule has 3 rings (SSSR count). The summed E-state index contributed by atoms with van der Waals surface area (Å²) in [5.74, 6) is 1.22. The molecule has 130 valence electrons. The summed E-state index contributed by atoms with van der Waals surface area (Å²) in [6.45, 7) is 1.18. The molecule has 1 aromatic heterocycles. The van der Waals surface area contributed by atoms with Gasteiger partial charge in [-0.2, -0.15) is 4.31 Å². The maximum absolute atomic E-state index is 13.0. The minimum absolute atomic E-state index is 0.0759. The van der Waals surface area contributed by atoms with Crippen LogP contribution in [0.2, 0.25) is 0 Å². The molecule has 1 atom stereocenters.